The lowest BCUT2D eigenvalue weighted by molar-refractivity contribution is 0.215. The summed E-state index contributed by atoms with van der Waals surface area (Å²) in [5.41, 5.74) is 0. The van der Waals surface area contributed by atoms with Crippen LogP contribution in [0.15, 0.2) is 0 Å². The molecule has 2 aliphatic rings. The molecule has 0 unspecified atom stereocenters. The van der Waals surface area contributed by atoms with Crippen molar-refractivity contribution in [2.45, 2.75) is 0 Å². The van der Waals surface area contributed by atoms with Crippen molar-refractivity contribution in [2.24, 2.45) is 0 Å². The molecule has 0 radical (unpaired) electrons. The highest BCUT2D eigenvalue weighted by atomic mass is 28.4. The van der Waals surface area contributed by atoms with Crippen LogP contribution in [0.25, 0.3) is 0 Å². The topological polar surface area (TPSA) is 36.9 Å². The molecule has 0 fully saturated rings. The van der Waals surface area contributed by atoms with Gasteiger partial charge >= 0.3 is 9.05 Å². The van der Waals surface area contributed by atoms with Crippen molar-refractivity contribution in [1.82, 2.24) is 0 Å². The fourth-order valence-corrected chi connectivity index (χ4v) is 4.15. The third-order valence-corrected chi connectivity index (χ3v) is 5.09. The summed E-state index contributed by atoms with van der Waals surface area (Å²) in [6, 6.07) is 0. The summed E-state index contributed by atoms with van der Waals surface area (Å²) in [5, 5.41) is 0. The lowest BCUT2D eigenvalue weighted by atomic mass is 10.2. The van der Waals surface area contributed by atoms with Crippen LogP contribution in [-0.2, 0) is 0 Å². The summed E-state index contributed by atoms with van der Waals surface area (Å²) in [6.45, 7) is 0. The summed E-state index contributed by atoms with van der Waals surface area (Å²) < 4.78 is 126. The van der Waals surface area contributed by atoms with Crippen molar-refractivity contribution in [3.8, 4) is 23.0 Å². The van der Waals surface area contributed by atoms with E-state index in [1.807, 2.05) is 0 Å². The van der Waals surface area contributed by atoms with Crippen molar-refractivity contribution in [3.63, 3.8) is 0 Å². The molecule has 0 aliphatic carbocycles. The van der Waals surface area contributed by atoms with Gasteiger partial charge in [0.05, 0.1) is 0 Å². The van der Waals surface area contributed by atoms with Gasteiger partial charge in [0.1, 0.15) is 0 Å². The number of fused-ring (bicyclic) bond motifs is 2. The first-order valence-electron chi connectivity index (χ1n) is 6.14. The van der Waals surface area contributed by atoms with Crippen LogP contribution in [0.4, 0.5) is 35.1 Å². The van der Waals surface area contributed by atoms with E-state index in [0.29, 0.717) is 0 Å². The molecule has 0 N–H and O–H groups in total. The Morgan fingerprint density at radius 2 is 0.560 bits per heavy atom. The van der Waals surface area contributed by atoms with E-state index in [1.165, 1.54) is 0 Å². The smallest absolute Gasteiger partial charge is 0.445 e. The Bertz CT molecular complexity index is 811. The van der Waals surface area contributed by atoms with Crippen LogP contribution in [0.5, 0.6) is 23.0 Å². The molecule has 4 nitrogen and oxygen atoms in total. The van der Waals surface area contributed by atoms with Crippen LogP contribution in [0.1, 0.15) is 0 Å². The van der Waals surface area contributed by atoms with Gasteiger partial charge < -0.3 is 17.7 Å². The Kier molecular flexibility index (Phi) is 2.96. The van der Waals surface area contributed by atoms with Gasteiger partial charge in [0.15, 0.2) is 23.0 Å². The first kappa shape index (κ1) is 15.8. The molecule has 25 heavy (non-hydrogen) atoms. The summed E-state index contributed by atoms with van der Waals surface area (Å²) in [5.74, 6) is -22.4. The highest BCUT2D eigenvalue weighted by molar-refractivity contribution is 6.59. The Hall–Kier alpha value is -2.70. The molecular weight excluding hydrogens is 388 g/mol. The number of hydrogen-bond acceptors (Lipinski definition) is 4. The van der Waals surface area contributed by atoms with Gasteiger partial charge in [0.25, 0.3) is 0 Å². The van der Waals surface area contributed by atoms with Crippen molar-refractivity contribution in [1.29, 1.82) is 0 Å². The maximum atomic E-state index is 13.7. The molecule has 13 heteroatoms. The Morgan fingerprint density at radius 3 is 0.760 bits per heavy atom. The van der Waals surface area contributed by atoms with Gasteiger partial charge in [-0.2, -0.15) is 17.6 Å². The molecule has 0 saturated carbocycles. The minimum Gasteiger partial charge on any atom is -0.445 e. The van der Waals surface area contributed by atoms with E-state index in [1.54, 1.807) is 0 Å². The minimum absolute atomic E-state index is 1.32. The highest BCUT2D eigenvalue weighted by Gasteiger charge is 2.69. The highest BCUT2D eigenvalue weighted by Crippen LogP contribution is 2.50. The van der Waals surface area contributed by atoms with E-state index < -0.39 is 78.6 Å². The Balaban J connectivity index is 1.83. The second kappa shape index (κ2) is 4.68. The third-order valence-electron chi connectivity index (χ3n) is 3.27. The molecule has 2 aromatic carbocycles. The van der Waals surface area contributed by atoms with E-state index in [4.69, 9.17) is 0 Å². The SMILES string of the molecule is Fc1c(F)c(F)c2c(c1F)O[Si]1(O2)Oc2c(F)c(F)c(F)c(F)c2O1. The van der Waals surface area contributed by atoms with Crippen LogP contribution in [-0.4, -0.2) is 9.05 Å². The van der Waals surface area contributed by atoms with Gasteiger partial charge in [-0.25, -0.2) is 17.6 Å². The Morgan fingerprint density at radius 1 is 0.360 bits per heavy atom. The Labute approximate surface area is 132 Å². The van der Waals surface area contributed by atoms with Crippen LogP contribution in [0, 0.1) is 46.5 Å². The molecular formula is C12F8O4Si. The van der Waals surface area contributed by atoms with Crippen molar-refractivity contribution >= 4 is 9.05 Å². The number of rotatable bonds is 0. The van der Waals surface area contributed by atoms with E-state index >= 15 is 0 Å². The van der Waals surface area contributed by atoms with Crippen molar-refractivity contribution in [2.75, 3.05) is 0 Å². The normalized spacial score (nSPS) is 16.0. The van der Waals surface area contributed by atoms with Crippen molar-refractivity contribution in [3.05, 3.63) is 46.5 Å². The van der Waals surface area contributed by atoms with Gasteiger partial charge in [-0.3, -0.25) is 0 Å². The fraction of sp³-hybridized carbons (Fsp3) is 0. The average molecular weight is 388 g/mol. The largest absolute Gasteiger partial charge is 0.967 e. The van der Waals surface area contributed by atoms with Crippen LogP contribution < -0.4 is 17.7 Å². The van der Waals surface area contributed by atoms with E-state index in [2.05, 4.69) is 17.7 Å². The predicted octanol–water partition coefficient (Wildman–Crippen LogP) is 3.48. The standard InChI is InChI=1S/C12F8O4Si/c13-1-2(14)6(18)10-9(5(1)17)21-25(22-10)23-11-7(19)3(15)4(16)8(20)12(11)24-25. The monoisotopic (exact) mass is 388 g/mol. The lowest BCUT2D eigenvalue weighted by Gasteiger charge is -2.11. The summed E-state index contributed by atoms with van der Waals surface area (Å²) in [6.07, 6.45) is 0. The van der Waals surface area contributed by atoms with Gasteiger partial charge in [-0.1, -0.05) is 0 Å². The molecule has 2 aromatic rings. The molecule has 4 rings (SSSR count). The van der Waals surface area contributed by atoms with E-state index in [-0.39, 0.29) is 0 Å². The lowest BCUT2D eigenvalue weighted by Crippen LogP contribution is -2.55. The molecule has 0 atom stereocenters. The second-order valence-corrected chi connectivity index (χ2v) is 6.55. The maximum absolute atomic E-state index is 13.7. The molecule has 2 heterocycles. The molecule has 132 valence electrons. The second-order valence-electron chi connectivity index (χ2n) is 4.74. The molecule has 0 amide bonds. The molecule has 0 bridgehead atoms. The summed E-state index contributed by atoms with van der Waals surface area (Å²) >= 11 is 0. The van der Waals surface area contributed by atoms with Crippen molar-refractivity contribution < 1.29 is 52.8 Å². The zero-order valence-electron chi connectivity index (χ0n) is 11.2. The average Bonchev–Trinajstić information content (AvgIpc) is 3.16. The number of halogens is 8. The van der Waals surface area contributed by atoms with Gasteiger partial charge in [-0.05, 0) is 0 Å². The van der Waals surface area contributed by atoms with Gasteiger partial charge in [-0.15, -0.1) is 0 Å². The predicted molar refractivity (Wildman–Crippen MR) is 60.8 cm³/mol. The summed E-state index contributed by atoms with van der Waals surface area (Å²) in [7, 11) is -4.92. The fourth-order valence-electron chi connectivity index (χ4n) is 2.17. The van der Waals surface area contributed by atoms with Crippen LogP contribution in [0.3, 0.4) is 0 Å². The molecule has 0 saturated heterocycles. The maximum Gasteiger partial charge on any atom is 0.967 e. The van der Waals surface area contributed by atoms with E-state index in [9.17, 15) is 35.1 Å². The molecule has 2 aliphatic heterocycles. The third kappa shape index (κ3) is 1.86. The van der Waals surface area contributed by atoms with Gasteiger partial charge in [0, 0.05) is 0 Å². The zero-order chi connectivity index (χ0) is 18.3. The zero-order valence-corrected chi connectivity index (χ0v) is 12.2. The first-order valence-corrected chi connectivity index (χ1v) is 7.78. The van der Waals surface area contributed by atoms with Gasteiger partial charge in [0.2, 0.25) is 46.5 Å². The van der Waals surface area contributed by atoms with Crippen LogP contribution in [0.2, 0.25) is 0 Å². The first-order chi connectivity index (χ1) is 11.7. The minimum atomic E-state index is -4.92. The number of hydrogen-bond donors (Lipinski definition) is 0. The summed E-state index contributed by atoms with van der Waals surface area (Å²) in [4.78, 5) is 0. The molecule has 1 spiro atoms. The number of benzene rings is 2. The molecule has 0 aromatic heterocycles. The van der Waals surface area contributed by atoms with E-state index in [0.717, 1.165) is 0 Å². The van der Waals surface area contributed by atoms with Crippen LogP contribution >= 0.6 is 0 Å². The quantitative estimate of drug-likeness (QED) is 0.300.